The van der Waals surface area contributed by atoms with Gasteiger partial charge in [0, 0.05) is 6.54 Å². The van der Waals surface area contributed by atoms with Gasteiger partial charge < -0.3 is 5.11 Å². The van der Waals surface area contributed by atoms with E-state index in [4.69, 9.17) is 0 Å². The minimum atomic E-state index is -4.66. The number of hydrogen-bond acceptors (Lipinski definition) is 5. The number of rotatable bonds is 3. The van der Waals surface area contributed by atoms with E-state index in [0.717, 1.165) is 0 Å². The molecule has 7 nitrogen and oxygen atoms in total. The molecule has 1 N–H and O–H groups in total. The van der Waals surface area contributed by atoms with Crippen molar-refractivity contribution in [3.05, 3.63) is 47.0 Å². The van der Waals surface area contributed by atoms with Crippen LogP contribution in [0.5, 0.6) is 0 Å². The highest BCUT2D eigenvalue weighted by atomic mass is 19.4. The van der Waals surface area contributed by atoms with Gasteiger partial charge >= 0.3 is 6.18 Å². The molecule has 0 aliphatic heterocycles. The molecular formula is C16H14F3N5O2. The van der Waals surface area contributed by atoms with Crippen molar-refractivity contribution in [2.75, 3.05) is 0 Å². The molecule has 2 heterocycles. The Morgan fingerprint density at radius 2 is 1.92 bits per heavy atom. The first-order valence-electron chi connectivity index (χ1n) is 7.94. The predicted octanol–water partition coefficient (Wildman–Crippen LogP) is 1.68. The van der Waals surface area contributed by atoms with Gasteiger partial charge in [0.15, 0.2) is 16.8 Å². The van der Waals surface area contributed by atoms with Crippen LogP contribution in [0.25, 0.3) is 16.9 Å². The highest BCUT2D eigenvalue weighted by Crippen LogP contribution is 2.48. The van der Waals surface area contributed by atoms with Crippen LogP contribution in [0.4, 0.5) is 13.2 Å². The fourth-order valence-corrected chi connectivity index (χ4v) is 3.25. The molecule has 1 saturated carbocycles. The maximum atomic E-state index is 12.7. The smallest absolute Gasteiger partial charge is 0.380 e. The number of fused-ring (bicyclic) bond motifs is 1. The molecule has 0 amide bonds. The van der Waals surface area contributed by atoms with Crippen LogP contribution in [-0.4, -0.2) is 41.4 Å². The summed E-state index contributed by atoms with van der Waals surface area (Å²) in [6.45, 7) is 0.0400. The third-order valence-corrected chi connectivity index (χ3v) is 4.67. The summed E-state index contributed by atoms with van der Waals surface area (Å²) in [4.78, 5) is 16.7. The largest absolute Gasteiger partial charge is 0.417 e. The standard InChI is InChI=1S/C16H14F3N5O2/c17-16(18,19)15(26)6-10(7-15)8-23-9-20-13-12(14(23)25)21-22-24(13)11-4-2-1-3-5-11/h1-5,9-10,26H,6-8H2. The molecule has 1 aliphatic rings. The molecule has 10 heteroatoms. The van der Waals surface area contributed by atoms with Gasteiger partial charge in [-0.3, -0.25) is 9.36 Å². The van der Waals surface area contributed by atoms with Gasteiger partial charge in [-0.15, -0.1) is 5.10 Å². The van der Waals surface area contributed by atoms with E-state index in [2.05, 4.69) is 15.3 Å². The Morgan fingerprint density at radius 3 is 2.58 bits per heavy atom. The van der Waals surface area contributed by atoms with Gasteiger partial charge in [-0.2, -0.15) is 17.9 Å². The summed E-state index contributed by atoms with van der Waals surface area (Å²) in [5.74, 6) is -0.456. The number of benzene rings is 1. The van der Waals surface area contributed by atoms with Gasteiger partial charge in [-0.1, -0.05) is 23.4 Å². The highest BCUT2D eigenvalue weighted by molar-refractivity contribution is 5.70. The Morgan fingerprint density at radius 1 is 1.23 bits per heavy atom. The second-order valence-corrected chi connectivity index (χ2v) is 6.51. The molecule has 4 rings (SSSR count). The van der Waals surface area contributed by atoms with Crippen LogP contribution in [-0.2, 0) is 6.54 Å². The number of aromatic nitrogens is 5. The maximum Gasteiger partial charge on any atom is 0.417 e. The predicted molar refractivity (Wildman–Crippen MR) is 84.6 cm³/mol. The third kappa shape index (κ3) is 2.57. The summed E-state index contributed by atoms with van der Waals surface area (Å²) >= 11 is 0. The zero-order valence-electron chi connectivity index (χ0n) is 13.4. The Kier molecular flexibility index (Phi) is 3.62. The van der Waals surface area contributed by atoms with Gasteiger partial charge in [-0.25, -0.2) is 4.98 Å². The third-order valence-electron chi connectivity index (χ3n) is 4.67. The molecule has 26 heavy (non-hydrogen) atoms. The van der Waals surface area contributed by atoms with Crippen molar-refractivity contribution < 1.29 is 18.3 Å². The van der Waals surface area contributed by atoms with Crippen molar-refractivity contribution in [1.29, 1.82) is 0 Å². The van der Waals surface area contributed by atoms with E-state index in [1.54, 1.807) is 12.1 Å². The maximum absolute atomic E-state index is 12.7. The van der Waals surface area contributed by atoms with E-state index in [9.17, 15) is 23.1 Å². The first-order chi connectivity index (χ1) is 12.3. The summed E-state index contributed by atoms with van der Waals surface area (Å²) in [5.41, 5.74) is -2.12. The lowest BCUT2D eigenvalue weighted by molar-refractivity contribution is -0.299. The Balaban J connectivity index is 1.60. The summed E-state index contributed by atoms with van der Waals surface area (Å²) in [7, 11) is 0. The van der Waals surface area contributed by atoms with Gasteiger partial charge in [-0.05, 0) is 30.9 Å². The number of alkyl halides is 3. The average molecular weight is 365 g/mol. The van der Waals surface area contributed by atoms with E-state index < -0.39 is 36.1 Å². The lowest BCUT2D eigenvalue weighted by atomic mass is 9.70. The highest BCUT2D eigenvalue weighted by Gasteiger charge is 2.61. The van der Waals surface area contributed by atoms with Crippen LogP contribution in [0.1, 0.15) is 12.8 Å². The van der Waals surface area contributed by atoms with Crippen molar-refractivity contribution in [1.82, 2.24) is 24.5 Å². The first kappa shape index (κ1) is 16.7. The number of para-hydroxylation sites is 1. The van der Waals surface area contributed by atoms with Crippen molar-refractivity contribution >= 4 is 11.2 Å². The van der Waals surface area contributed by atoms with Crippen LogP contribution in [0.15, 0.2) is 41.5 Å². The normalized spacial score (nSPS) is 23.2. The number of nitrogens with zero attached hydrogens (tertiary/aromatic N) is 5. The van der Waals surface area contributed by atoms with Crippen LogP contribution >= 0.6 is 0 Å². The molecular weight excluding hydrogens is 351 g/mol. The Labute approximate surface area is 144 Å². The van der Waals surface area contributed by atoms with Gasteiger partial charge in [0.05, 0.1) is 5.69 Å². The van der Waals surface area contributed by atoms with Crippen LogP contribution in [0.2, 0.25) is 0 Å². The van der Waals surface area contributed by atoms with Gasteiger partial charge in [0.1, 0.15) is 6.33 Å². The quantitative estimate of drug-likeness (QED) is 0.763. The van der Waals surface area contributed by atoms with Crippen LogP contribution in [0, 0.1) is 5.92 Å². The minimum Gasteiger partial charge on any atom is -0.380 e. The molecule has 1 aliphatic carbocycles. The van der Waals surface area contributed by atoms with E-state index in [1.807, 2.05) is 18.2 Å². The van der Waals surface area contributed by atoms with E-state index in [0.29, 0.717) is 5.69 Å². The van der Waals surface area contributed by atoms with E-state index in [-0.39, 0.29) is 17.7 Å². The van der Waals surface area contributed by atoms with Crippen LogP contribution < -0.4 is 5.56 Å². The SMILES string of the molecule is O=c1c2nnn(-c3ccccc3)c2ncn1CC1CC(O)(C(F)(F)F)C1. The average Bonchev–Trinajstić information content (AvgIpc) is 3.00. The first-order valence-corrected chi connectivity index (χ1v) is 7.94. The van der Waals surface area contributed by atoms with Crippen molar-refractivity contribution in [2.45, 2.75) is 31.2 Å². The zero-order chi connectivity index (χ0) is 18.5. The monoisotopic (exact) mass is 365 g/mol. The fraction of sp³-hybridized carbons (Fsp3) is 0.375. The molecule has 1 fully saturated rings. The fourth-order valence-electron chi connectivity index (χ4n) is 3.25. The van der Waals surface area contributed by atoms with Crippen LogP contribution in [0.3, 0.4) is 0 Å². The molecule has 3 aromatic rings. The molecule has 1 aromatic carbocycles. The zero-order valence-corrected chi connectivity index (χ0v) is 13.4. The van der Waals surface area contributed by atoms with Crippen molar-refractivity contribution in [2.24, 2.45) is 5.92 Å². The minimum absolute atomic E-state index is 0.0400. The molecule has 0 radical (unpaired) electrons. The number of aliphatic hydroxyl groups is 1. The molecule has 2 aromatic heterocycles. The topological polar surface area (TPSA) is 85.8 Å². The van der Waals surface area contributed by atoms with Crippen molar-refractivity contribution in [3.8, 4) is 5.69 Å². The van der Waals surface area contributed by atoms with Gasteiger partial charge in [0.2, 0.25) is 0 Å². The Bertz CT molecular complexity index is 1010. The number of halogens is 3. The van der Waals surface area contributed by atoms with E-state index in [1.165, 1.54) is 15.6 Å². The summed E-state index contributed by atoms with van der Waals surface area (Å²) in [6.07, 6.45) is -4.25. The molecule has 0 unspecified atom stereocenters. The molecule has 0 spiro atoms. The summed E-state index contributed by atoms with van der Waals surface area (Å²) in [6, 6.07) is 9.02. The second kappa shape index (κ2) is 5.63. The molecule has 136 valence electrons. The molecule has 0 saturated heterocycles. The second-order valence-electron chi connectivity index (χ2n) is 6.51. The van der Waals surface area contributed by atoms with E-state index >= 15 is 0 Å². The molecule has 0 bridgehead atoms. The Hall–Kier alpha value is -2.75. The molecule has 0 atom stereocenters. The number of hydrogen-bond donors (Lipinski definition) is 1. The summed E-state index contributed by atoms with van der Waals surface area (Å²) in [5, 5.41) is 17.3. The lowest BCUT2D eigenvalue weighted by Crippen LogP contribution is -2.56. The van der Waals surface area contributed by atoms with Crippen molar-refractivity contribution in [3.63, 3.8) is 0 Å². The lowest BCUT2D eigenvalue weighted by Gasteiger charge is -2.44. The summed E-state index contributed by atoms with van der Waals surface area (Å²) < 4.78 is 40.7. The van der Waals surface area contributed by atoms with Gasteiger partial charge in [0.25, 0.3) is 5.56 Å².